The van der Waals surface area contributed by atoms with E-state index in [9.17, 15) is 8.76 Å². The summed E-state index contributed by atoms with van der Waals surface area (Å²) in [5.41, 5.74) is 0. The smallest absolute Gasteiger partial charge is 0.0784 e. The summed E-state index contributed by atoms with van der Waals surface area (Å²) in [5, 5.41) is 0.988. The van der Waals surface area contributed by atoms with Gasteiger partial charge in [-0.1, -0.05) is 18.2 Å². The third kappa shape index (κ3) is 1.29. The molecule has 1 atom stereocenters. The molecule has 1 aromatic heterocycles. The van der Waals surface area contributed by atoms with E-state index in [2.05, 4.69) is 0 Å². The molecule has 2 aromatic rings. The van der Waals surface area contributed by atoms with Crippen LogP contribution in [0.25, 0.3) is 10.1 Å². The van der Waals surface area contributed by atoms with Crippen LogP contribution in [0.4, 0.5) is 0 Å². The molecule has 0 spiro atoms. The van der Waals surface area contributed by atoms with Crippen molar-refractivity contribution in [1.82, 2.24) is 0 Å². The second-order valence-electron chi connectivity index (χ2n) is 2.34. The second kappa shape index (κ2) is 2.97. The topological polar surface area (TPSA) is 40.1 Å². The van der Waals surface area contributed by atoms with Crippen molar-refractivity contribution in [3.63, 3.8) is 0 Å². The lowest BCUT2D eigenvalue weighted by Gasteiger charge is -1.96. The molecular weight excluding hydrogens is 192 g/mol. The zero-order valence-corrected chi connectivity index (χ0v) is 7.65. The van der Waals surface area contributed by atoms with E-state index in [4.69, 9.17) is 0 Å². The predicted octanol–water partition coefficient (Wildman–Crippen LogP) is 2.14. The summed E-state index contributed by atoms with van der Waals surface area (Å²) in [4.78, 5) is 0. The molecule has 62 valence electrons. The van der Waals surface area contributed by atoms with E-state index in [1.54, 1.807) is 6.07 Å². The Morgan fingerprint density at radius 2 is 2.08 bits per heavy atom. The van der Waals surface area contributed by atoms with Gasteiger partial charge in [-0.3, -0.25) is 4.21 Å². The Morgan fingerprint density at radius 1 is 1.33 bits per heavy atom. The second-order valence-corrected chi connectivity index (χ2v) is 4.59. The van der Waals surface area contributed by atoms with Crippen LogP contribution in [0.15, 0.2) is 34.5 Å². The standard InChI is InChI=1S/C8H6O2S2/c9-12(10)8-5-6-3-1-2-4-7(6)11-8/h1-5H,(H,9,10)/p-1. The molecule has 0 aliphatic heterocycles. The van der Waals surface area contributed by atoms with Crippen molar-refractivity contribution in [3.05, 3.63) is 30.3 Å². The van der Waals surface area contributed by atoms with Crippen LogP contribution in [-0.2, 0) is 11.1 Å². The summed E-state index contributed by atoms with van der Waals surface area (Å²) in [6, 6.07) is 9.30. The SMILES string of the molecule is O=S([O-])c1cc2ccccc2s1. The van der Waals surface area contributed by atoms with Gasteiger partial charge in [0.2, 0.25) is 0 Å². The van der Waals surface area contributed by atoms with Gasteiger partial charge in [-0.2, -0.15) is 0 Å². The lowest BCUT2D eigenvalue weighted by atomic mass is 10.3. The first kappa shape index (κ1) is 7.91. The molecular formula is C8H5O2S2-. The van der Waals surface area contributed by atoms with Gasteiger partial charge in [0.05, 0.1) is 4.21 Å². The molecule has 0 saturated carbocycles. The van der Waals surface area contributed by atoms with Crippen LogP contribution in [-0.4, -0.2) is 8.76 Å². The Kier molecular flexibility index (Phi) is 1.96. The van der Waals surface area contributed by atoms with Crippen LogP contribution >= 0.6 is 11.3 Å². The third-order valence-corrected chi connectivity index (χ3v) is 3.58. The van der Waals surface area contributed by atoms with E-state index in [-0.39, 0.29) is 0 Å². The van der Waals surface area contributed by atoms with Crippen LogP contribution in [0.3, 0.4) is 0 Å². The summed E-state index contributed by atoms with van der Waals surface area (Å²) >= 11 is -0.800. The zero-order valence-electron chi connectivity index (χ0n) is 6.02. The average molecular weight is 197 g/mol. The highest BCUT2D eigenvalue weighted by Crippen LogP contribution is 2.26. The zero-order chi connectivity index (χ0) is 8.55. The first-order chi connectivity index (χ1) is 5.77. The summed E-state index contributed by atoms with van der Waals surface area (Å²) < 4.78 is 22.6. The Hall–Kier alpha value is -0.710. The molecule has 0 saturated heterocycles. The molecule has 0 aliphatic carbocycles. The Bertz CT molecular complexity index is 400. The third-order valence-electron chi connectivity index (χ3n) is 1.57. The Labute approximate surface area is 76.1 Å². The number of hydrogen-bond donors (Lipinski definition) is 0. The van der Waals surface area contributed by atoms with Crippen molar-refractivity contribution < 1.29 is 8.76 Å². The number of rotatable bonds is 1. The summed E-state index contributed by atoms with van der Waals surface area (Å²) in [5.74, 6) is 0. The molecule has 2 nitrogen and oxygen atoms in total. The maximum Gasteiger partial charge on any atom is 0.0784 e. The highest BCUT2D eigenvalue weighted by molar-refractivity contribution is 7.82. The normalized spacial score (nSPS) is 13.4. The fourth-order valence-corrected chi connectivity index (χ4v) is 2.60. The molecule has 0 fully saturated rings. The van der Waals surface area contributed by atoms with Gasteiger partial charge in [0.25, 0.3) is 0 Å². The van der Waals surface area contributed by atoms with Crippen LogP contribution in [0.2, 0.25) is 0 Å². The van der Waals surface area contributed by atoms with Crippen molar-refractivity contribution in [1.29, 1.82) is 0 Å². The van der Waals surface area contributed by atoms with Crippen molar-refractivity contribution in [2.75, 3.05) is 0 Å². The maximum atomic E-state index is 10.6. The molecule has 0 aliphatic rings. The minimum absolute atomic E-state index is 0.399. The van der Waals surface area contributed by atoms with Gasteiger partial charge >= 0.3 is 0 Å². The molecule has 4 heteroatoms. The lowest BCUT2D eigenvalue weighted by molar-refractivity contribution is 0.539. The van der Waals surface area contributed by atoms with Crippen LogP contribution in [0, 0.1) is 0 Å². The number of fused-ring (bicyclic) bond motifs is 1. The van der Waals surface area contributed by atoms with E-state index in [1.807, 2.05) is 24.3 Å². The largest absolute Gasteiger partial charge is 0.768 e. The van der Waals surface area contributed by atoms with Gasteiger partial charge in [-0.15, -0.1) is 11.3 Å². The molecule has 0 bridgehead atoms. The van der Waals surface area contributed by atoms with Gasteiger partial charge in [0, 0.05) is 4.70 Å². The number of benzene rings is 1. The Balaban J connectivity index is 2.70. The lowest BCUT2D eigenvalue weighted by Crippen LogP contribution is -1.80. The highest BCUT2D eigenvalue weighted by atomic mass is 32.2. The predicted molar refractivity (Wildman–Crippen MR) is 49.0 cm³/mol. The summed E-state index contributed by atoms with van der Waals surface area (Å²) in [7, 11) is 0. The van der Waals surface area contributed by atoms with E-state index in [0.717, 1.165) is 10.1 Å². The monoisotopic (exact) mass is 197 g/mol. The minimum Gasteiger partial charge on any atom is -0.768 e. The van der Waals surface area contributed by atoms with E-state index < -0.39 is 11.1 Å². The van der Waals surface area contributed by atoms with Gasteiger partial charge in [0.15, 0.2) is 0 Å². The Morgan fingerprint density at radius 3 is 2.75 bits per heavy atom. The van der Waals surface area contributed by atoms with E-state index in [1.165, 1.54) is 11.3 Å². The van der Waals surface area contributed by atoms with Gasteiger partial charge in [0.1, 0.15) is 0 Å². The first-order valence-electron chi connectivity index (χ1n) is 3.35. The number of thiophene rings is 1. The first-order valence-corrected chi connectivity index (χ1v) is 5.24. The van der Waals surface area contributed by atoms with Crippen molar-refractivity contribution >= 4 is 32.5 Å². The van der Waals surface area contributed by atoms with Crippen molar-refractivity contribution in [2.45, 2.75) is 4.21 Å². The maximum absolute atomic E-state index is 10.6. The van der Waals surface area contributed by atoms with Gasteiger partial charge in [-0.05, 0) is 28.6 Å². The number of hydrogen-bond acceptors (Lipinski definition) is 3. The summed E-state index contributed by atoms with van der Waals surface area (Å²) in [6.45, 7) is 0. The van der Waals surface area contributed by atoms with E-state index in [0.29, 0.717) is 4.21 Å². The molecule has 1 unspecified atom stereocenters. The van der Waals surface area contributed by atoms with E-state index >= 15 is 0 Å². The molecule has 12 heavy (non-hydrogen) atoms. The quantitative estimate of drug-likeness (QED) is 0.657. The molecule has 0 N–H and O–H groups in total. The fraction of sp³-hybridized carbons (Fsp3) is 0. The van der Waals surface area contributed by atoms with Gasteiger partial charge < -0.3 is 4.55 Å². The van der Waals surface area contributed by atoms with Crippen LogP contribution in [0.5, 0.6) is 0 Å². The average Bonchev–Trinajstić information content (AvgIpc) is 2.46. The molecule has 0 amide bonds. The highest BCUT2D eigenvalue weighted by Gasteiger charge is 1.99. The molecule has 1 heterocycles. The molecule has 2 rings (SSSR count). The van der Waals surface area contributed by atoms with Crippen molar-refractivity contribution in [3.8, 4) is 0 Å². The van der Waals surface area contributed by atoms with Crippen LogP contribution in [0.1, 0.15) is 0 Å². The van der Waals surface area contributed by atoms with Crippen LogP contribution < -0.4 is 0 Å². The molecule has 0 radical (unpaired) electrons. The van der Waals surface area contributed by atoms with Crippen molar-refractivity contribution in [2.24, 2.45) is 0 Å². The minimum atomic E-state index is -2.09. The van der Waals surface area contributed by atoms with Gasteiger partial charge in [-0.25, -0.2) is 0 Å². The molecule has 1 aromatic carbocycles. The fourth-order valence-electron chi connectivity index (χ4n) is 1.04. The summed E-state index contributed by atoms with van der Waals surface area (Å²) in [6.07, 6.45) is 0.